The molecule has 0 aromatic rings. The van der Waals surface area contributed by atoms with Crippen LogP contribution in [-0.2, 0) is 65.4 Å². The number of ether oxygens (including phenoxy) is 4. The van der Waals surface area contributed by atoms with E-state index in [-0.39, 0.29) is 25.7 Å². The van der Waals surface area contributed by atoms with E-state index in [4.69, 9.17) is 37.0 Å². The van der Waals surface area contributed by atoms with Crippen LogP contribution >= 0.6 is 15.6 Å². The summed E-state index contributed by atoms with van der Waals surface area (Å²) in [5.74, 6) is 0.318. The second-order valence-corrected chi connectivity index (χ2v) is 33.5. The summed E-state index contributed by atoms with van der Waals surface area (Å²) in [6.45, 7) is 12.0. The third-order valence-electron chi connectivity index (χ3n) is 20.5. The minimum Gasteiger partial charge on any atom is -0.462 e. The van der Waals surface area contributed by atoms with Crippen molar-refractivity contribution < 1.29 is 80.2 Å². The van der Waals surface area contributed by atoms with Crippen molar-refractivity contribution in [3.63, 3.8) is 0 Å². The Hall–Kier alpha value is -1.94. The predicted octanol–water partition coefficient (Wildman–Crippen LogP) is 24.9. The van der Waals surface area contributed by atoms with Gasteiger partial charge in [0.25, 0.3) is 0 Å². The molecule has 0 saturated heterocycles. The molecule has 19 heteroatoms. The van der Waals surface area contributed by atoms with Crippen LogP contribution in [0.2, 0.25) is 0 Å². The van der Waals surface area contributed by atoms with Gasteiger partial charge in [0.1, 0.15) is 19.3 Å². The quantitative estimate of drug-likeness (QED) is 0.0222. The number of phosphoric ester groups is 2. The van der Waals surface area contributed by atoms with Crippen LogP contribution in [0.5, 0.6) is 0 Å². The first-order valence-corrected chi connectivity index (χ1v) is 46.0. The van der Waals surface area contributed by atoms with E-state index in [0.717, 1.165) is 108 Å². The van der Waals surface area contributed by atoms with Gasteiger partial charge >= 0.3 is 39.5 Å². The fourth-order valence-corrected chi connectivity index (χ4v) is 14.3. The number of carbonyl (C=O) groups is 4. The summed E-state index contributed by atoms with van der Waals surface area (Å²) in [4.78, 5) is 73.2. The normalized spacial score (nSPS) is 14.7. The van der Waals surface area contributed by atoms with Crippen LogP contribution in [0.1, 0.15) is 434 Å². The summed E-state index contributed by atoms with van der Waals surface area (Å²) >= 11 is 0. The van der Waals surface area contributed by atoms with Gasteiger partial charge in [0.15, 0.2) is 12.2 Å². The lowest BCUT2D eigenvalue weighted by molar-refractivity contribution is -0.161. The van der Waals surface area contributed by atoms with Crippen LogP contribution in [0, 0.1) is 17.8 Å². The van der Waals surface area contributed by atoms with Gasteiger partial charge in [-0.3, -0.25) is 37.3 Å². The molecule has 17 nitrogen and oxygen atoms in total. The largest absolute Gasteiger partial charge is 0.472 e. The van der Waals surface area contributed by atoms with Crippen molar-refractivity contribution in [1.82, 2.24) is 0 Å². The molecule has 0 radical (unpaired) electrons. The second-order valence-electron chi connectivity index (χ2n) is 30.6. The van der Waals surface area contributed by atoms with Gasteiger partial charge in [-0.05, 0) is 43.4 Å². The van der Waals surface area contributed by atoms with Crippen molar-refractivity contribution in [3.05, 3.63) is 0 Å². The van der Waals surface area contributed by atoms with E-state index in [2.05, 4.69) is 48.5 Å². The van der Waals surface area contributed by atoms with Crippen molar-refractivity contribution in [1.29, 1.82) is 0 Å². The lowest BCUT2D eigenvalue weighted by atomic mass is 9.99. The smallest absolute Gasteiger partial charge is 0.462 e. The highest BCUT2D eigenvalue weighted by Crippen LogP contribution is 2.45. The molecule has 0 heterocycles. The molecule has 8 atom stereocenters. The zero-order valence-electron chi connectivity index (χ0n) is 67.1. The Bertz CT molecular complexity index is 1980. The van der Waals surface area contributed by atoms with Crippen LogP contribution in [0.15, 0.2) is 0 Å². The number of aliphatic hydroxyl groups excluding tert-OH is 1. The lowest BCUT2D eigenvalue weighted by Crippen LogP contribution is -2.30. The van der Waals surface area contributed by atoms with Crippen LogP contribution in [0.3, 0.4) is 0 Å². The van der Waals surface area contributed by atoms with Gasteiger partial charge < -0.3 is 33.8 Å². The second kappa shape index (κ2) is 73.2. The Labute approximate surface area is 626 Å². The van der Waals surface area contributed by atoms with E-state index < -0.39 is 97.5 Å². The van der Waals surface area contributed by atoms with Crippen LogP contribution < -0.4 is 0 Å². The van der Waals surface area contributed by atoms with E-state index >= 15 is 0 Å². The Balaban J connectivity index is 5.27. The van der Waals surface area contributed by atoms with E-state index in [9.17, 15) is 43.2 Å². The van der Waals surface area contributed by atoms with E-state index in [0.29, 0.717) is 25.7 Å². The van der Waals surface area contributed by atoms with Crippen molar-refractivity contribution in [2.24, 2.45) is 17.8 Å². The van der Waals surface area contributed by atoms with E-state index in [1.54, 1.807) is 0 Å². The highest BCUT2D eigenvalue weighted by molar-refractivity contribution is 7.47. The zero-order valence-corrected chi connectivity index (χ0v) is 68.9. The van der Waals surface area contributed by atoms with Crippen LogP contribution in [0.4, 0.5) is 0 Å². The third-order valence-corrected chi connectivity index (χ3v) is 22.4. The summed E-state index contributed by atoms with van der Waals surface area (Å²) in [6.07, 6.45) is 62.2. The molecule has 0 rings (SSSR count). The predicted molar refractivity (Wildman–Crippen MR) is 418 cm³/mol. The Kier molecular flexibility index (Phi) is 71.8. The van der Waals surface area contributed by atoms with Gasteiger partial charge in [-0.2, -0.15) is 0 Å². The van der Waals surface area contributed by atoms with Crippen molar-refractivity contribution >= 4 is 39.5 Å². The van der Waals surface area contributed by atoms with Gasteiger partial charge in [0, 0.05) is 25.7 Å². The molecule has 0 aliphatic carbocycles. The molecule has 5 unspecified atom stereocenters. The monoisotopic (exact) mass is 1490 g/mol. The average Bonchev–Trinajstić information content (AvgIpc) is 1.17. The average molecular weight is 1490 g/mol. The minimum atomic E-state index is -4.96. The van der Waals surface area contributed by atoms with Crippen LogP contribution in [-0.4, -0.2) is 96.7 Å². The number of hydrogen-bond donors (Lipinski definition) is 3. The Morgan fingerprint density at radius 1 is 0.275 bits per heavy atom. The number of esters is 4. The van der Waals surface area contributed by atoms with Crippen LogP contribution in [0.25, 0.3) is 0 Å². The molecule has 102 heavy (non-hydrogen) atoms. The van der Waals surface area contributed by atoms with E-state index in [1.165, 1.54) is 244 Å². The molecule has 0 aliphatic rings. The summed E-state index contributed by atoms with van der Waals surface area (Å²) < 4.78 is 68.8. The fraction of sp³-hybridized carbons (Fsp3) is 0.952. The molecule has 0 aromatic heterocycles. The van der Waals surface area contributed by atoms with Gasteiger partial charge in [-0.1, -0.05) is 382 Å². The SMILES string of the molecule is CCCCCCCCCCCCCCCCCCCCC(=O)OC[C@H](COP(=O)(O)OC[C@@H](O)COP(=O)(O)OC[C@@H](COC(=O)CCCCCCCCCCC(C)CC)OC(=O)CCCCCCCCCCCCC(C)CC)OC(=O)CCCCCCCCCCCCCCCCC(C)CC. The third kappa shape index (κ3) is 72.3. The summed E-state index contributed by atoms with van der Waals surface area (Å²) in [6, 6.07) is 0. The highest BCUT2D eigenvalue weighted by atomic mass is 31.2. The molecule has 0 amide bonds. The van der Waals surface area contributed by atoms with Crippen molar-refractivity contribution in [2.75, 3.05) is 39.6 Å². The summed E-state index contributed by atoms with van der Waals surface area (Å²) in [7, 11) is -9.93. The molecule has 0 spiro atoms. The standard InChI is InChI=1S/C83H162O17P2/c1-8-12-13-14-15-16-17-18-19-20-21-22-26-29-35-43-50-57-64-80(85)93-70-78(99-82(87)66-59-52-45-36-30-27-24-23-25-28-33-40-47-54-61-74(5)9-2)72-97-101(89,90)95-68-77(84)69-96-102(91,92)98-73-79(71-94-81(86)65-58-51-44-39-38-42-49-56-63-76(7)11-4)100-83(88)67-60-53-46-37-32-31-34-41-48-55-62-75(6)10-3/h74-79,84H,8-73H2,1-7H3,(H,89,90)(H,91,92)/t74?,75?,76?,77-,78-,79-/m1/s1. The molecule has 0 saturated carbocycles. The Morgan fingerprint density at radius 2 is 0.471 bits per heavy atom. The van der Waals surface area contributed by atoms with Gasteiger partial charge in [-0.15, -0.1) is 0 Å². The maximum absolute atomic E-state index is 13.1. The lowest BCUT2D eigenvalue weighted by Gasteiger charge is -2.21. The highest BCUT2D eigenvalue weighted by Gasteiger charge is 2.30. The van der Waals surface area contributed by atoms with Crippen molar-refractivity contribution in [3.8, 4) is 0 Å². The van der Waals surface area contributed by atoms with E-state index in [1.807, 2.05) is 0 Å². The molecule has 606 valence electrons. The number of carbonyl (C=O) groups excluding carboxylic acids is 4. The Morgan fingerprint density at radius 3 is 0.696 bits per heavy atom. The number of rotatable bonds is 81. The molecular formula is C83H162O17P2. The fourth-order valence-electron chi connectivity index (χ4n) is 12.7. The number of hydrogen-bond acceptors (Lipinski definition) is 15. The number of unbranched alkanes of at least 4 members (excludes halogenated alkanes) is 46. The van der Waals surface area contributed by atoms with Gasteiger partial charge in [-0.25, -0.2) is 9.13 Å². The number of aliphatic hydroxyl groups is 1. The molecule has 0 aliphatic heterocycles. The maximum atomic E-state index is 13.1. The zero-order chi connectivity index (χ0) is 75.1. The van der Waals surface area contributed by atoms with Gasteiger partial charge in [0.2, 0.25) is 0 Å². The summed E-state index contributed by atoms with van der Waals surface area (Å²) in [5.41, 5.74) is 0. The molecule has 3 N–H and O–H groups in total. The molecular weight excluding hydrogens is 1330 g/mol. The first-order valence-electron chi connectivity index (χ1n) is 43.0. The topological polar surface area (TPSA) is 237 Å². The maximum Gasteiger partial charge on any atom is 0.472 e. The molecule has 0 aromatic carbocycles. The van der Waals surface area contributed by atoms with Gasteiger partial charge in [0.05, 0.1) is 26.4 Å². The first kappa shape index (κ1) is 100. The number of phosphoric acid groups is 2. The minimum absolute atomic E-state index is 0.106. The summed E-state index contributed by atoms with van der Waals surface area (Å²) in [5, 5.41) is 10.7. The first-order chi connectivity index (χ1) is 49.3. The molecule has 0 fully saturated rings. The van der Waals surface area contributed by atoms with Crippen molar-refractivity contribution in [2.45, 2.75) is 452 Å². The molecule has 0 bridgehead atoms.